The maximum atomic E-state index is 12.8. The average Bonchev–Trinajstić information content (AvgIpc) is 3.58. The van der Waals surface area contributed by atoms with Gasteiger partial charge in [0.2, 0.25) is 5.91 Å². The molecule has 3 unspecified atom stereocenters. The van der Waals surface area contributed by atoms with Crippen molar-refractivity contribution in [2.24, 2.45) is 0 Å². The van der Waals surface area contributed by atoms with Gasteiger partial charge in [0, 0.05) is 41.8 Å². The number of fused-ring (bicyclic) bond motifs is 2. The molecular weight excluding hydrogens is 843 g/mol. The quantitative estimate of drug-likeness (QED) is 0.0552. The Kier molecular flexibility index (Phi) is 14.1. The summed E-state index contributed by atoms with van der Waals surface area (Å²) in [5, 5.41) is 3.33. The fraction of sp³-hybridized carbons (Fsp3) is 0.500. The van der Waals surface area contributed by atoms with Crippen LogP contribution in [0, 0.1) is 11.8 Å². The predicted molar refractivity (Wildman–Crippen MR) is 208 cm³/mol. The van der Waals surface area contributed by atoms with Crippen LogP contribution in [0.4, 0.5) is 11.5 Å². The Morgan fingerprint density at radius 1 is 1.08 bits per heavy atom. The molecule has 0 saturated carbocycles. The van der Waals surface area contributed by atoms with Crippen LogP contribution in [0.3, 0.4) is 0 Å². The molecule has 0 spiro atoms. The van der Waals surface area contributed by atoms with Crippen LogP contribution < -0.4 is 27.3 Å². The van der Waals surface area contributed by atoms with Crippen molar-refractivity contribution in [3.8, 4) is 11.8 Å². The molecule has 0 aliphatic carbocycles. The Labute approximate surface area is 336 Å². The molecule has 2 aromatic heterocycles. The van der Waals surface area contributed by atoms with Gasteiger partial charge in [0.1, 0.15) is 23.2 Å². The van der Waals surface area contributed by atoms with Gasteiger partial charge in [0.05, 0.1) is 31.4 Å². The number of hydrogen-bond acceptors (Lipinski definition) is 16. The number of ether oxygens (including phenoxy) is 2. The molecule has 4 heterocycles. The summed E-state index contributed by atoms with van der Waals surface area (Å²) in [6.45, 7) is 7.83. The fourth-order valence-electron chi connectivity index (χ4n) is 6.92. The van der Waals surface area contributed by atoms with E-state index < -0.39 is 59.7 Å². The largest absolute Gasteiger partial charge is 0.490 e. The minimum Gasteiger partial charge on any atom is -0.462 e. The van der Waals surface area contributed by atoms with Crippen LogP contribution in [0.25, 0.3) is 11.0 Å². The van der Waals surface area contributed by atoms with Crippen molar-refractivity contribution in [3.05, 3.63) is 62.0 Å². The number of nitrogens with one attached hydrogen (secondary N) is 1. The molecule has 5 atom stereocenters. The second kappa shape index (κ2) is 18.2. The van der Waals surface area contributed by atoms with E-state index in [1.165, 1.54) is 12.3 Å². The summed E-state index contributed by atoms with van der Waals surface area (Å²) in [7, 11) is -16.6. The van der Waals surface area contributed by atoms with Crippen LogP contribution in [0.1, 0.15) is 93.4 Å². The van der Waals surface area contributed by atoms with E-state index in [9.17, 15) is 42.7 Å². The number of nitrogens with zero attached hydrogens (tertiary/aromatic N) is 3. The third-order valence-corrected chi connectivity index (χ3v) is 13.1. The van der Waals surface area contributed by atoms with Gasteiger partial charge >= 0.3 is 40.8 Å². The Morgan fingerprint density at radius 3 is 2.51 bits per heavy atom. The molecule has 59 heavy (non-hydrogen) atoms. The Balaban J connectivity index is 1.15. The number of benzene rings is 1. The first-order valence-corrected chi connectivity index (χ1v) is 22.6. The minimum atomic E-state index is -5.70. The number of amides is 1. The first-order valence-electron chi connectivity index (χ1n) is 18.1. The van der Waals surface area contributed by atoms with Gasteiger partial charge in [-0.2, -0.15) is 13.6 Å². The number of nitrogens with two attached hydrogens (primary N) is 1. The number of hydrogen-bond donors (Lipinski definition) is 6. The summed E-state index contributed by atoms with van der Waals surface area (Å²) >= 11 is 0. The number of phosphoric ester groups is 1. The second-order valence-electron chi connectivity index (χ2n) is 14.3. The SMILES string of the molecule is CCOC(=O)c1cc2cc3c(cc2oc1=O)N(CCCC(=O)NCC#Cc1cn([C@H]2CC[C@@H](COP(=O)(O)OP(=O)(O)OP(=O)(O)O)O2)c(=O)nc1N)C(C)(C)CC3C. The smallest absolute Gasteiger partial charge is 0.462 e. The maximum Gasteiger partial charge on any atom is 0.490 e. The molecule has 1 saturated heterocycles. The van der Waals surface area contributed by atoms with Crippen LogP contribution in [0.2, 0.25) is 0 Å². The minimum absolute atomic E-state index is 0.0611. The number of phosphoric acid groups is 3. The molecule has 322 valence electrons. The van der Waals surface area contributed by atoms with E-state index in [0.717, 1.165) is 22.2 Å². The molecule has 5 rings (SSSR count). The maximum absolute atomic E-state index is 12.8. The molecule has 1 amide bonds. The molecule has 0 radical (unpaired) electrons. The number of anilines is 2. The summed E-state index contributed by atoms with van der Waals surface area (Å²) in [6.07, 6.45) is 1.21. The molecule has 22 nitrogen and oxygen atoms in total. The van der Waals surface area contributed by atoms with Crippen molar-refractivity contribution in [1.29, 1.82) is 0 Å². The molecule has 1 aromatic carbocycles. The highest BCUT2D eigenvalue weighted by Crippen LogP contribution is 2.66. The lowest BCUT2D eigenvalue weighted by Gasteiger charge is -2.47. The molecule has 3 aromatic rings. The highest BCUT2D eigenvalue weighted by Gasteiger charge is 2.42. The van der Waals surface area contributed by atoms with Gasteiger partial charge in [-0.05, 0) is 70.1 Å². The van der Waals surface area contributed by atoms with Crippen LogP contribution in [0.5, 0.6) is 0 Å². The number of esters is 1. The summed E-state index contributed by atoms with van der Waals surface area (Å²) < 4.78 is 63.7. The van der Waals surface area contributed by atoms with Crippen molar-refractivity contribution in [1.82, 2.24) is 14.9 Å². The van der Waals surface area contributed by atoms with E-state index in [1.54, 1.807) is 13.0 Å². The van der Waals surface area contributed by atoms with E-state index in [2.05, 4.69) is 61.0 Å². The number of nitrogen functional groups attached to an aromatic ring is 1. The lowest BCUT2D eigenvalue weighted by molar-refractivity contribution is -0.120. The van der Waals surface area contributed by atoms with Crippen molar-refractivity contribution in [3.63, 3.8) is 0 Å². The topological polar surface area (TPSA) is 319 Å². The molecule has 25 heteroatoms. The Morgan fingerprint density at radius 2 is 1.81 bits per heavy atom. The number of carbonyl (C=O) groups is 2. The monoisotopic (exact) mass is 887 g/mol. The van der Waals surface area contributed by atoms with Crippen LogP contribution in [-0.4, -0.2) is 78.9 Å². The van der Waals surface area contributed by atoms with E-state index in [0.29, 0.717) is 23.9 Å². The molecule has 2 aliphatic rings. The first kappa shape index (κ1) is 45.9. The van der Waals surface area contributed by atoms with E-state index in [4.69, 9.17) is 29.4 Å². The van der Waals surface area contributed by atoms with Gasteiger partial charge in [-0.3, -0.25) is 13.9 Å². The van der Waals surface area contributed by atoms with E-state index in [1.807, 2.05) is 6.07 Å². The normalized spacial score (nSPS) is 20.8. The second-order valence-corrected chi connectivity index (χ2v) is 18.7. The Bertz CT molecular complexity index is 2440. The van der Waals surface area contributed by atoms with Gasteiger partial charge in [0.25, 0.3) is 0 Å². The number of rotatable bonds is 15. The van der Waals surface area contributed by atoms with Gasteiger partial charge in [-0.1, -0.05) is 18.8 Å². The van der Waals surface area contributed by atoms with Crippen LogP contribution >= 0.6 is 23.5 Å². The molecule has 7 N–H and O–H groups in total. The zero-order valence-corrected chi connectivity index (χ0v) is 34.9. The van der Waals surface area contributed by atoms with Gasteiger partial charge in [-0.15, -0.1) is 0 Å². The number of aromatic nitrogens is 2. The summed E-state index contributed by atoms with van der Waals surface area (Å²) in [5.74, 6) is 4.49. The highest BCUT2D eigenvalue weighted by molar-refractivity contribution is 7.66. The standard InChI is InChI=1S/C34H44N5O17P3/c1-5-51-31(41)25-15-22-14-24-20(2)17-34(3,4)39(26(24)16-27(22)54-32(25)42)13-7-9-28(40)36-12-6-8-21-18-38(33(43)37-30(21)35)29-11-10-23(53-29)19-52-58(47,48)56-59(49,50)55-57(44,45)46/h14-16,18,20,23,29H,5,7,9-13,17,19H2,1-4H3,(H,36,40)(H,47,48)(H,49,50)(H2,35,37,43)(H2,44,45,46)/t20?,23-,29+/m0/s1. The van der Waals surface area contributed by atoms with Gasteiger partial charge < -0.3 is 49.4 Å². The molecule has 2 aliphatic heterocycles. The summed E-state index contributed by atoms with van der Waals surface area (Å²) in [5.41, 5.74) is 6.21. The molecular formula is C34H44N5O17P3. The first-order chi connectivity index (χ1) is 27.5. The third-order valence-electron chi connectivity index (χ3n) is 9.33. The van der Waals surface area contributed by atoms with Crippen molar-refractivity contribution < 1.29 is 69.9 Å². The van der Waals surface area contributed by atoms with Crippen LogP contribution in [0.15, 0.2) is 38.4 Å². The Hall–Kier alpha value is -4.22. The lowest BCUT2D eigenvalue weighted by atomic mass is 9.79. The summed E-state index contributed by atoms with van der Waals surface area (Å²) in [6, 6.07) is 5.21. The van der Waals surface area contributed by atoms with E-state index >= 15 is 0 Å². The highest BCUT2D eigenvalue weighted by atomic mass is 31.3. The number of carbonyl (C=O) groups excluding carboxylic acids is 2. The molecule has 1 fully saturated rings. The van der Waals surface area contributed by atoms with Crippen molar-refractivity contribution >= 4 is 57.8 Å². The van der Waals surface area contributed by atoms with Gasteiger partial charge in [-0.25, -0.2) is 28.1 Å². The van der Waals surface area contributed by atoms with E-state index in [-0.39, 0.29) is 66.7 Å². The zero-order valence-electron chi connectivity index (χ0n) is 32.3. The fourth-order valence-corrected chi connectivity index (χ4v) is 9.97. The predicted octanol–water partition coefficient (Wildman–Crippen LogP) is 3.17. The molecule has 0 bridgehead atoms. The van der Waals surface area contributed by atoms with Crippen molar-refractivity contribution in [2.75, 3.05) is 36.9 Å². The van der Waals surface area contributed by atoms with Crippen LogP contribution in [-0.2, 0) is 41.1 Å². The van der Waals surface area contributed by atoms with Crippen molar-refractivity contribution in [2.45, 2.75) is 83.6 Å². The lowest BCUT2D eigenvalue weighted by Crippen LogP contribution is -2.49. The summed E-state index contributed by atoms with van der Waals surface area (Å²) in [4.78, 5) is 92.6. The van der Waals surface area contributed by atoms with Gasteiger partial charge in [0.15, 0.2) is 0 Å². The zero-order chi connectivity index (χ0) is 43.5. The average molecular weight is 888 g/mol. The third kappa shape index (κ3) is 12.0.